The molecule has 0 bridgehead atoms. The zero-order valence-electron chi connectivity index (χ0n) is 9.31. The van der Waals surface area contributed by atoms with Gasteiger partial charge in [-0.3, -0.25) is 4.68 Å². The molecule has 0 atom stereocenters. The van der Waals surface area contributed by atoms with E-state index in [4.69, 9.17) is 5.73 Å². The van der Waals surface area contributed by atoms with Gasteiger partial charge in [0.05, 0.1) is 22.0 Å². The number of halogens is 1. The summed E-state index contributed by atoms with van der Waals surface area (Å²) in [4.78, 5) is 0. The summed E-state index contributed by atoms with van der Waals surface area (Å²) in [6, 6.07) is 0. The predicted molar refractivity (Wildman–Crippen MR) is 71.1 cm³/mol. The molecule has 2 rings (SSSR count). The zero-order valence-corrected chi connectivity index (χ0v) is 11.5. The first-order chi connectivity index (χ1) is 7.61. The molecule has 0 unspecified atom stereocenters. The number of nitrogens with zero attached hydrogens (tertiary/aromatic N) is 4. The van der Waals surface area contributed by atoms with Crippen molar-refractivity contribution in [3.8, 4) is 0 Å². The van der Waals surface area contributed by atoms with E-state index in [2.05, 4.69) is 39.7 Å². The Morgan fingerprint density at radius 2 is 2.25 bits per heavy atom. The lowest BCUT2D eigenvalue weighted by molar-refractivity contribution is 0.655. The average molecular weight is 331 g/mol. The number of hydrogen-bond acceptors (Lipinski definition) is 3. The third kappa shape index (κ3) is 2.06. The Morgan fingerprint density at radius 3 is 2.75 bits per heavy atom. The standard InChI is InChI=1S/C10H14IN5/c1-3-15-5-8(4-13-15)6-16-10(12)9(11)7(2)14-16/h4-5H,3,6,12H2,1-2H3. The molecule has 0 saturated heterocycles. The molecule has 0 amide bonds. The van der Waals surface area contributed by atoms with E-state index in [0.29, 0.717) is 6.54 Å². The molecule has 0 saturated carbocycles. The fourth-order valence-corrected chi connectivity index (χ4v) is 1.92. The van der Waals surface area contributed by atoms with Crippen LogP contribution in [0.5, 0.6) is 0 Å². The third-order valence-corrected chi connectivity index (χ3v) is 3.77. The van der Waals surface area contributed by atoms with Crippen LogP contribution in [-0.2, 0) is 13.1 Å². The number of hydrogen-bond donors (Lipinski definition) is 1. The second-order valence-corrected chi connectivity index (χ2v) is 4.73. The molecule has 2 heterocycles. The molecule has 86 valence electrons. The molecular weight excluding hydrogens is 317 g/mol. The first-order valence-electron chi connectivity index (χ1n) is 5.11. The van der Waals surface area contributed by atoms with E-state index in [1.165, 1.54) is 0 Å². The van der Waals surface area contributed by atoms with Crippen LogP contribution in [-0.4, -0.2) is 19.6 Å². The van der Waals surface area contributed by atoms with Crippen LogP contribution in [0.2, 0.25) is 0 Å². The molecule has 2 aromatic heterocycles. The van der Waals surface area contributed by atoms with E-state index >= 15 is 0 Å². The highest BCUT2D eigenvalue weighted by molar-refractivity contribution is 14.1. The van der Waals surface area contributed by atoms with Crippen molar-refractivity contribution < 1.29 is 0 Å². The van der Waals surface area contributed by atoms with Crippen LogP contribution in [0, 0.1) is 10.5 Å². The van der Waals surface area contributed by atoms with Crippen LogP contribution in [0.15, 0.2) is 12.4 Å². The van der Waals surface area contributed by atoms with Gasteiger partial charge in [0.1, 0.15) is 5.82 Å². The van der Waals surface area contributed by atoms with E-state index in [1.807, 2.05) is 28.7 Å². The van der Waals surface area contributed by atoms with Gasteiger partial charge in [-0.2, -0.15) is 10.2 Å². The van der Waals surface area contributed by atoms with Gasteiger partial charge >= 0.3 is 0 Å². The van der Waals surface area contributed by atoms with Crippen LogP contribution < -0.4 is 5.73 Å². The maximum Gasteiger partial charge on any atom is 0.135 e. The molecule has 5 nitrogen and oxygen atoms in total. The Balaban J connectivity index is 2.23. The van der Waals surface area contributed by atoms with Crippen LogP contribution in [0.3, 0.4) is 0 Å². The van der Waals surface area contributed by atoms with Gasteiger partial charge < -0.3 is 5.73 Å². The number of aryl methyl sites for hydroxylation is 2. The van der Waals surface area contributed by atoms with Crippen LogP contribution in [0.4, 0.5) is 5.82 Å². The summed E-state index contributed by atoms with van der Waals surface area (Å²) in [5, 5.41) is 8.61. The van der Waals surface area contributed by atoms with Gasteiger partial charge in [0.2, 0.25) is 0 Å². The SMILES string of the molecule is CCn1cc(Cn2nc(C)c(I)c2N)cn1. The summed E-state index contributed by atoms with van der Waals surface area (Å²) in [5.41, 5.74) is 8.05. The number of nitrogen functional groups attached to an aromatic ring is 1. The van der Waals surface area contributed by atoms with Gasteiger partial charge in [-0.25, -0.2) is 4.68 Å². The van der Waals surface area contributed by atoms with E-state index in [0.717, 1.165) is 27.2 Å². The van der Waals surface area contributed by atoms with Gasteiger partial charge in [0.15, 0.2) is 0 Å². The summed E-state index contributed by atoms with van der Waals surface area (Å²) in [7, 11) is 0. The van der Waals surface area contributed by atoms with E-state index in [9.17, 15) is 0 Å². The lowest BCUT2D eigenvalue weighted by Crippen LogP contribution is -2.05. The number of aromatic nitrogens is 4. The highest BCUT2D eigenvalue weighted by Gasteiger charge is 2.10. The van der Waals surface area contributed by atoms with E-state index in [-0.39, 0.29) is 0 Å². The Bertz CT molecular complexity index is 499. The summed E-state index contributed by atoms with van der Waals surface area (Å²) in [5.74, 6) is 0.724. The monoisotopic (exact) mass is 331 g/mol. The minimum Gasteiger partial charge on any atom is -0.383 e. The molecule has 16 heavy (non-hydrogen) atoms. The van der Waals surface area contributed by atoms with Crippen molar-refractivity contribution in [2.24, 2.45) is 0 Å². The summed E-state index contributed by atoms with van der Waals surface area (Å²) in [6.45, 7) is 5.58. The van der Waals surface area contributed by atoms with Crippen molar-refractivity contribution in [3.05, 3.63) is 27.2 Å². The van der Waals surface area contributed by atoms with Crippen LogP contribution in [0.1, 0.15) is 18.2 Å². The molecule has 0 radical (unpaired) electrons. The number of nitrogens with two attached hydrogens (primary N) is 1. The normalized spacial score (nSPS) is 10.9. The van der Waals surface area contributed by atoms with Crippen LogP contribution in [0.25, 0.3) is 0 Å². The second kappa shape index (κ2) is 4.44. The van der Waals surface area contributed by atoms with E-state index in [1.54, 1.807) is 0 Å². The Hall–Kier alpha value is -1.05. The quantitative estimate of drug-likeness (QED) is 0.870. The first kappa shape index (κ1) is 11.4. The van der Waals surface area contributed by atoms with Gasteiger partial charge in [-0.05, 0) is 36.4 Å². The molecular formula is C10H14IN5. The maximum absolute atomic E-state index is 5.96. The first-order valence-corrected chi connectivity index (χ1v) is 6.19. The fourth-order valence-electron chi connectivity index (χ4n) is 1.53. The van der Waals surface area contributed by atoms with Crippen molar-refractivity contribution in [1.29, 1.82) is 0 Å². The lowest BCUT2D eigenvalue weighted by atomic mass is 10.3. The Kier molecular flexibility index (Phi) is 3.17. The molecule has 0 aliphatic heterocycles. The zero-order chi connectivity index (χ0) is 11.7. The second-order valence-electron chi connectivity index (χ2n) is 3.65. The highest BCUT2D eigenvalue weighted by atomic mass is 127. The molecule has 0 fully saturated rings. The molecule has 2 N–H and O–H groups in total. The summed E-state index contributed by atoms with van der Waals surface area (Å²) in [6.07, 6.45) is 3.87. The van der Waals surface area contributed by atoms with E-state index < -0.39 is 0 Å². The number of rotatable bonds is 3. The maximum atomic E-state index is 5.96. The van der Waals surface area contributed by atoms with Gasteiger partial charge in [0, 0.05) is 18.3 Å². The fraction of sp³-hybridized carbons (Fsp3) is 0.400. The topological polar surface area (TPSA) is 61.7 Å². The Morgan fingerprint density at radius 1 is 1.50 bits per heavy atom. The average Bonchev–Trinajstić information content (AvgIpc) is 2.81. The Labute approximate surface area is 108 Å². The minimum atomic E-state index is 0.676. The molecule has 0 aliphatic rings. The van der Waals surface area contributed by atoms with Crippen molar-refractivity contribution in [3.63, 3.8) is 0 Å². The summed E-state index contributed by atoms with van der Waals surface area (Å²) < 4.78 is 4.74. The van der Waals surface area contributed by atoms with Gasteiger partial charge in [0.25, 0.3) is 0 Å². The molecule has 6 heteroatoms. The van der Waals surface area contributed by atoms with Crippen molar-refractivity contribution in [2.45, 2.75) is 26.9 Å². The number of anilines is 1. The predicted octanol–water partition coefficient (Wildman–Crippen LogP) is 1.64. The van der Waals surface area contributed by atoms with Crippen molar-refractivity contribution in [2.75, 3.05) is 5.73 Å². The third-order valence-electron chi connectivity index (χ3n) is 2.43. The lowest BCUT2D eigenvalue weighted by Gasteiger charge is -2.01. The smallest absolute Gasteiger partial charge is 0.135 e. The molecule has 0 aromatic carbocycles. The van der Waals surface area contributed by atoms with Crippen molar-refractivity contribution in [1.82, 2.24) is 19.6 Å². The molecule has 0 spiro atoms. The molecule has 2 aromatic rings. The van der Waals surface area contributed by atoms with Crippen LogP contribution >= 0.6 is 22.6 Å². The largest absolute Gasteiger partial charge is 0.383 e. The van der Waals surface area contributed by atoms with Gasteiger partial charge in [-0.15, -0.1) is 0 Å². The van der Waals surface area contributed by atoms with Crippen molar-refractivity contribution >= 4 is 28.4 Å². The highest BCUT2D eigenvalue weighted by Crippen LogP contribution is 2.19. The molecule has 0 aliphatic carbocycles. The summed E-state index contributed by atoms with van der Waals surface area (Å²) >= 11 is 2.22. The van der Waals surface area contributed by atoms with Gasteiger partial charge in [-0.1, -0.05) is 0 Å². The minimum absolute atomic E-state index is 0.676.